The predicted molar refractivity (Wildman–Crippen MR) is 209 cm³/mol. The first-order chi connectivity index (χ1) is 22.3. The molecule has 0 unspecified atom stereocenters. The van der Waals surface area contributed by atoms with Gasteiger partial charge in [0.1, 0.15) is 0 Å². The zero-order valence-electron chi connectivity index (χ0n) is 27.0. The molecule has 48 heavy (non-hydrogen) atoms. The summed E-state index contributed by atoms with van der Waals surface area (Å²) in [5, 5.41) is 15.1. The fraction of sp³-hybridized carbons (Fsp3) is 0.231. The van der Waals surface area contributed by atoms with E-state index in [9.17, 15) is 0 Å². The number of nitrogens with one attached hydrogen (secondary N) is 6. The molecule has 0 aliphatic heterocycles. The van der Waals surface area contributed by atoms with E-state index in [-0.39, 0.29) is 37.2 Å². The van der Waals surface area contributed by atoms with Gasteiger partial charge in [-0.15, -0.1) is 37.2 Å². The smallest absolute Gasteiger partial charge is 0.0456 e. The number of benzene rings is 4. The highest BCUT2D eigenvalue weighted by Crippen LogP contribution is 2.20. The minimum atomic E-state index is 0. The van der Waals surface area contributed by atoms with E-state index >= 15 is 0 Å². The Labute approximate surface area is 301 Å². The van der Waals surface area contributed by atoms with E-state index in [1.165, 1.54) is 66.1 Å². The number of hydrogen-bond acceptors (Lipinski definition) is 3. The molecule has 0 aliphatic rings. The standard InChI is InChI=1S/C39H42N6.3ClH/c1-4-10-37-34(7-1)31(25-43-37)13-16-40-22-28-19-29(23-41-17-14-32-26-44-38-11-5-2-8-35(32)38)21-30(20-28)24-42-18-15-33-27-45-39-12-6-3-9-36(33)39;;;/h1-12,19-21,25-27,40-45H,13-18,22-24H2;3*1H. The molecule has 7 rings (SSSR count). The van der Waals surface area contributed by atoms with Crippen molar-refractivity contribution < 1.29 is 0 Å². The molecular formula is C39H45Cl3N6. The summed E-state index contributed by atoms with van der Waals surface area (Å²) in [7, 11) is 0. The lowest BCUT2D eigenvalue weighted by Gasteiger charge is -2.13. The Morgan fingerprint density at radius 2 is 0.688 bits per heavy atom. The third-order valence-corrected chi connectivity index (χ3v) is 8.84. The van der Waals surface area contributed by atoms with E-state index in [0.29, 0.717) is 0 Å². The summed E-state index contributed by atoms with van der Waals surface area (Å²) in [4.78, 5) is 10.2. The molecule has 0 atom stereocenters. The fourth-order valence-corrected chi connectivity index (χ4v) is 6.53. The maximum atomic E-state index is 3.70. The summed E-state index contributed by atoms with van der Waals surface area (Å²) in [6, 6.07) is 32.7. The van der Waals surface area contributed by atoms with Crippen LogP contribution in [0.1, 0.15) is 33.4 Å². The van der Waals surface area contributed by atoms with Crippen LogP contribution >= 0.6 is 37.2 Å². The molecule has 6 N–H and O–H groups in total. The van der Waals surface area contributed by atoms with Gasteiger partial charge < -0.3 is 30.9 Å². The SMILES string of the molecule is Cl.Cl.Cl.c1ccc2c(CCNCc3cc(CNCCc4c[nH]c5ccccc45)cc(CNCCc4c[nH]c5ccccc45)c3)c[nH]c2c1. The van der Waals surface area contributed by atoms with E-state index in [1.54, 1.807) is 0 Å². The van der Waals surface area contributed by atoms with E-state index in [2.05, 4.69) is 140 Å². The number of aromatic amines is 3. The molecule has 4 aromatic carbocycles. The van der Waals surface area contributed by atoms with Crippen LogP contribution in [0.15, 0.2) is 110 Å². The van der Waals surface area contributed by atoms with Gasteiger partial charge in [0.2, 0.25) is 0 Å². The predicted octanol–water partition coefficient (Wildman–Crippen LogP) is 8.39. The van der Waals surface area contributed by atoms with Gasteiger partial charge in [0.15, 0.2) is 0 Å². The summed E-state index contributed by atoms with van der Waals surface area (Å²) in [5.41, 5.74) is 11.7. The van der Waals surface area contributed by atoms with E-state index in [0.717, 1.165) is 58.5 Å². The Kier molecular flexibility index (Phi) is 14.0. The van der Waals surface area contributed by atoms with Gasteiger partial charge in [-0.05, 0) is 90.5 Å². The number of fused-ring (bicyclic) bond motifs is 3. The van der Waals surface area contributed by atoms with Crippen molar-refractivity contribution in [1.29, 1.82) is 0 Å². The first kappa shape index (κ1) is 37.1. The van der Waals surface area contributed by atoms with Gasteiger partial charge in [-0.3, -0.25) is 0 Å². The number of halogens is 3. The molecule has 0 amide bonds. The van der Waals surface area contributed by atoms with Crippen molar-refractivity contribution >= 4 is 69.9 Å². The molecule has 3 aromatic heterocycles. The molecule has 7 aromatic rings. The van der Waals surface area contributed by atoms with Crippen LogP contribution in [0.4, 0.5) is 0 Å². The molecular weight excluding hydrogens is 659 g/mol. The Morgan fingerprint density at radius 1 is 0.396 bits per heavy atom. The highest BCUT2D eigenvalue weighted by atomic mass is 35.5. The molecule has 3 heterocycles. The Bertz CT molecular complexity index is 1770. The van der Waals surface area contributed by atoms with Gasteiger partial charge in [0.05, 0.1) is 0 Å². The van der Waals surface area contributed by atoms with Crippen molar-refractivity contribution in [3.05, 3.63) is 143 Å². The third-order valence-electron chi connectivity index (χ3n) is 8.84. The van der Waals surface area contributed by atoms with E-state index < -0.39 is 0 Å². The maximum absolute atomic E-state index is 3.70. The van der Waals surface area contributed by atoms with Crippen molar-refractivity contribution in [1.82, 2.24) is 30.9 Å². The van der Waals surface area contributed by atoms with Crippen molar-refractivity contribution in [2.45, 2.75) is 38.9 Å². The van der Waals surface area contributed by atoms with Gasteiger partial charge in [-0.1, -0.05) is 72.8 Å². The minimum absolute atomic E-state index is 0. The lowest BCUT2D eigenvalue weighted by atomic mass is 10.0. The minimum Gasteiger partial charge on any atom is -0.361 e. The largest absolute Gasteiger partial charge is 0.361 e. The molecule has 0 saturated heterocycles. The van der Waals surface area contributed by atoms with Gasteiger partial charge in [0.25, 0.3) is 0 Å². The highest BCUT2D eigenvalue weighted by Gasteiger charge is 2.07. The number of H-pyrrole nitrogens is 3. The molecule has 0 fully saturated rings. The number of rotatable bonds is 15. The monoisotopic (exact) mass is 702 g/mol. The van der Waals surface area contributed by atoms with Crippen LogP contribution in [-0.2, 0) is 38.9 Å². The Balaban J connectivity index is 0.00000173. The van der Waals surface area contributed by atoms with E-state index in [4.69, 9.17) is 0 Å². The van der Waals surface area contributed by atoms with Crippen LogP contribution in [0.25, 0.3) is 32.7 Å². The van der Waals surface area contributed by atoms with Crippen molar-refractivity contribution in [3.63, 3.8) is 0 Å². The Morgan fingerprint density at radius 3 is 1.00 bits per heavy atom. The second-order valence-electron chi connectivity index (χ2n) is 12.0. The molecule has 0 aliphatic carbocycles. The lowest BCUT2D eigenvalue weighted by Crippen LogP contribution is -2.20. The molecule has 0 spiro atoms. The molecule has 0 bridgehead atoms. The van der Waals surface area contributed by atoms with E-state index in [1.807, 2.05) is 0 Å². The molecule has 9 heteroatoms. The number of para-hydroxylation sites is 3. The number of hydrogen-bond donors (Lipinski definition) is 6. The molecule has 0 saturated carbocycles. The first-order valence-electron chi connectivity index (χ1n) is 16.2. The maximum Gasteiger partial charge on any atom is 0.0456 e. The summed E-state index contributed by atoms with van der Waals surface area (Å²) >= 11 is 0. The second kappa shape index (κ2) is 18.1. The summed E-state index contributed by atoms with van der Waals surface area (Å²) in [6.07, 6.45) is 9.45. The zero-order chi connectivity index (χ0) is 30.3. The third kappa shape index (κ3) is 9.03. The summed E-state index contributed by atoms with van der Waals surface area (Å²) < 4.78 is 0. The average molecular weight is 704 g/mol. The topological polar surface area (TPSA) is 83.5 Å². The first-order valence-corrected chi connectivity index (χ1v) is 16.2. The summed E-state index contributed by atoms with van der Waals surface area (Å²) in [6.45, 7) is 5.38. The van der Waals surface area contributed by atoms with Crippen LogP contribution in [0.5, 0.6) is 0 Å². The van der Waals surface area contributed by atoms with Gasteiger partial charge in [-0.2, -0.15) is 0 Å². The second-order valence-corrected chi connectivity index (χ2v) is 12.0. The van der Waals surface area contributed by atoms with Gasteiger partial charge in [0, 0.05) is 70.9 Å². The fourth-order valence-electron chi connectivity index (χ4n) is 6.53. The zero-order valence-corrected chi connectivity index (χ0v) is 29.4. The van der Waals surface area contributed by atoms with Crippen LogP contribution in [0.2, 0.25) is 0 Å². The molecule has 252 valence electrons. The highest BCUT2D eigenvalue weighted by molar-refractivity contribution is 5.86. The van der Waals surface area contributed by atoms with Crippen LogP contribution < -0.4 is 16.0 Å². The van der Waals surface area contributed by atoms with Crippen molar-refractivity contribution in [2.24, 2.45) is 0 Å². The van der Waals surface area contributed by atoms with Crippen LogP contribution in [0, 0.1) is 0 Å². The van der Waals surface area contributed by atoms with Crippen molar-refractivity contribution in [2.75, 3.05) is 19.6 Å². The van der Waals surface area contributed by atoms with Crippen LogP contribution in [-0.4, -0.2) is 34.6 Å². The number of aromatic nitrogens is 3. The lowest BCUT2D eigenvalue weighted by molar-refractivity contribution is 0.666. The quantitative estimate of drug-likeness (QED) is 0.0607. The normalized spacial score (nSPS) is 11.0. The Hall–Kier alpha value is -3.75. The summed E-state index contributed by atoms with van der Waals surface area (Å²) in [5.74, 6) is 0. The van der Waals surface area contributed by atoms with Gasteiger partial charge in [-0.25, -0.2) is 0 Å². The van der Waals surface area contributed by atoms with Crippen LogP contribution in [0.3, 0.4) is 0 Å². The van der Waals surface area contributed by atoms with Crippen molar-refractivity contribution in [3.8, 4) is 0 Å². The molecule has 0 radical (unpaired) electrons. The molecule has 6 nitrogen and oxygen atoms in total. The van der Waals surface area contributed by atoms with Gasteiger partial charge >= 0.3 is 0 Å². The average Bonchev–Trinajstić information content (AvgIpc) is 3.81.